The van der Waals surface area contributed by atoms with Gasteiger partial charge < -0.3 is 0 Å². The van der Waals surface area contributed by atoms with Crippen molar-refractivity contribution in [3.05, 3.63) is 40.9 Å². The molecule has 0 nitrogen and oxygen atoms in total. The van der Waals surface area contributed by atoms with E-state index in [1.54, 1.807) is 0 Å². The summed E-state index contributed by atoms with van der Waals surface area (Å²) in [7, 11) is -0.0286. The average Bonchev–Trinajstić information content (AvgIpc) is 2.18. The number of hydrogen-bond donors (Lipinski definition) is 0. The van der Waals surface area contributed by atoms with Gasteiger partial charge in [0.05, 0.1) is 0 Å². The number of fused-ring (bicyclic) bond motifs is 1. The molecule has 0 aliphatic heterocycles. The third-order valence-electron chi connectivity index (χ3n) is 2.33. The minimum Gasteiger partial charge on any atom is -0.0810 e. The summed E-state index contributed by atoms with van der Waals surface area (Å²) in [5.74, 6) is 0. The fourth-order valence-electron chi connectivity index (χ4n) is 1.64. The van der Waals surface area contributed by atoms with Crippen LogP contribution in [-0.4, -0.2) is 13.3 Å². The van der Waals surface area contributed by atoms with Crippen molar-refractivity contribution in [1.29, 1.82) is 0 Å². The maximum Gasteiger partial charge on any atom is 0.0254 e. The SMILES string of the molecule is CP(C)c1ccc(Br)c2ccccc12. The number of rotatable bonds is 1. The van der Waals surface area contributed by atoms with Gasteiger partial charge in [0, 0.05) is 4.47 Å². The van der Waals surface area contributed by atoms with Crippen molar-refractivity contribution in [1.82, 2.24) is 0 Å². The summed E-state index contributed by atoms with van der Waals surface area (Å²) < 4.78 is 1.19. The van der Waals surface area contributed by atoms with Crippen molar-refractivity contribution < 1.29 is 0 Å². The molecule has 2 rings (SSSR count). The summed E-state index contributed by atoms with van der Waals surface area (Å²) in [5.41, 5.74) is 0. The lowest BCUT2D eigenvalue weighted by atomic mass is 10.1. The van der Waals surface area contributed by atoms with Gasteiger partial charge in [0.25, 0.3) is 0 Å². The number of benzene rings is 2. The van der Waals surface area contributed by atoms with Gasteiger partial charge in [-0.2, -0.15) is 0 Å². The predicted molar refractivity (Wildman–Crippen MR) is 70.1 cm³/mol. The normalized spacial score (nSPS) is 11.1. The molecule has 0 radical (unpaired) electrons. The molecule has 0 aromatic heterocycles. The Hall–Kier alpha value is -0.390. The molecule has 14 heavy (non-hydrogen) atoms. The minimum absolute atomic E-state index is 0.0286. The van der Waals surface area contributed by atoms with Gasteiger partial charge in [-0.1, -0.05) is 54.2 Å². The van der Waals surface area contributed by atoms with Crippen molar-refractivity contribution in [3.8, 4) is 0 Å². The molecule has 2 aromatic rings. The van der Waals surface area contributed by atoms with Crippen molar-refractivity contribution in [2.24, 2.45) is 0 Å². The first-order valence-electron chi connectivity index (χ1n) is 4.55. The van der Waals surface area contributed by atoms with Crippen LogP contribution in [0.4, 0.5) is 0 Å². The zero-order chi connectivity index (χ0) is 10.1. The molecule has 0 spiro atoms. The van der Waals surface area contributed by atoms with Gasteiger partial charge in [0.2, 0.25) is 0 Å². The monoisotopic (exact) mass is 266 g/mol. The van der Waals surface area contributed by atoms with Crippen LogP contribution in [-0.2, 0) is 0 Å². The molecule has 0 aliphatic carbocycles. The first-order valence-corrected chi connectivity index (χ1v) is 7.57. The first kappa shape index (κ1) is 10.1. The van der Waals surface area contributed by atoms with Crippen LogP contribution in [0.25, 0.3) is 10.8 Å². The van der Waals surface area contributed by atoms with Gasteiger partial charge in [-0.15, -0.1) is 0 Å². The van der Waals surface area contributed by atoms with E-state index in [0.29, 0.717) is 0 Å². The zero-order valence-corrected chi connectivity index (χ0v) is 10.8. The lowest BCUT2D eigenvalue weighted by Crippen LogP contribution is -2.00. The van der Waals surface area contributed by atoms with Crippen LogP contribution in [0.3, 0.4) is 0 Å². The Morgan fingerprint density at radius 3 is 2.21 bits per heavy atom. The lowest BCUT2D eigenvalue weighted by molar-refractivity contribution is 1.74. The van der Waals surface area contributed by atoms with Crippen molar-refractivity contribution in [2.75, 3.05) is 13.3 Å². The molecule has 0 saturated carbocycles. The van der Waals surface area contributed by atoms with E-state index in [1.807, 2.05) is 0 Å². The zero-order valence-electron chi connectivity index (χ0n) is 8.29. The van der Waals surface area contributed by atoms with Gasteiger partial charge in [-0.3, -0.25) is 0 Å². The van der Waals surface area contributed by atoms with Crippen LogP contribution < -0.4 is 5.30 Å². The highest BCUT2D eigenvalue weighted by Gasteiger charge is 2.05. The summed E-state index contributed by atoms with van der Waals surface area (Å²) in [6, 6.07) is 13.0. The van der Waals surface area contributed by atoms with Crippen LogP contribution >= 0.6 is 23.9 Å². The Bertz CT molecular complexity index is 463. The lowest BCUT2D eigenvalue weighted by Gasteiger charge is -2.11. The van der Waals surface area contributed by atoms with Gasteiger partial charge in [0.1, 0.15) is 0 Å². The van der Waals surface area contributed by atoms with E-state index in [1.165, 1.54) is 20.5 Å². The van der Waals surface area contributed by atoms with Crippen molar-refractivity contribution >= 4 is 39.9 Å². The highest BCUT2D eigenvalue weighted by atomic mass is 79.9. The summed E-state index contributed by atoms with van der Waals surface area (Å²) >= 11 is 3.59. The van der Waals surface area contributed by atoms with Gasteiger partial charge in [-0.25, -0.2) is 0 Å². The standard InChI is InChI=1S/C12H12BrP/c1-14(2)12-8-7-11(13)9-5-3-4-6-10(9)12/h3-8H,1-2H3. The van der Waals surface area contributed by atoms with Gasteiger partial charge in [0.15, 0.2) is 0 Å². The van der Waals surface area contributed by atoms with E-state index in [4.69, 9.17) is 0 Å². The molecule has 0 unspecified atom stereocenters. The molecule has 0 aliphatic rings. The van der Waals surface area contributed by atoms with E-state index >= 15 is 0 Å². The van der Waals surface area contributed by atoms with Crippen LogP contribution in [0.15, 0.2) is 40.9 Å². The molecule has 0 amide bonds. The highest BCUT2D eigenvalue weighted by molar-refractivity contribution is 9.10. The largest absolute Gasteiger partial charge is 0.0810 e. The molecule has 0 fully saturated rings. The summed E-state index contributed by atoms with van der Waals surface area (Å²) in [5, 5.41) is 4.19. The van der Waals surface area contributed by atoms with E-state index in [0.717, 1.165) is 0 Å². The Balaban J connectivity index is 2.82. The molecular formula is C12H12BrP. The van der Waals surface area contributed by atoms with E-state index in [2.05, 4.69) is 65.7 Å². The molecule has 0 saturated heterocycles. The molecule has 0 atom stereocenters. The second-order valence-electron chi connectivity index (χ2n) is 3.51. The summed E-state index contributed by atoms with van der Waals surface area (Å²) in [4.78, 5) is 0. The third-order valence-corrected chi connectivity index (χ3v) is 4.37. The van der Waals surface area contributed by atoms with Crippen LogP contribution in [0, 0.1) is 0 Å². The van der Waals surface area contributed by atoms with Crippen LogP contribution in [0.1, 0.15) is 0 Å². The second kappa shape index (κ2) is 4.00. The maximum absolute atomic E-state index is 3.59. The quantitative estimate of drug-likeness (QED) is 0.686. The van der Waals surface area contributed by atoms with E-state index in [9.17, 15) is 0 Å². The summed E-state index contributed by atoms with van der Waals surface area (Å²) in [6.07, 6.45) is 0. The predicted octanol–water partition coefficient (Wildman–Crippen LogP) is 3.97. The Kier molecular flexibility index (Phi) is 2.90. The molecule has 0 heterocycles. The molecular weight excluding hydrogens is 255 g/mol. The highest BCUT2D eigenvalue weighted by Crippen LogP contribution is 2.31. The minimum atomic E-state index is -0.0286. The molecule has 0 N–H and O–H groups in total. The Labute approximate surface area is 94.2 Å². The maximum atomic E-state index is 3.59. The smallest absolute Gasteiger partial charge is 0.0254 e. The van der Waals surface area contributed by atoms with Crippen molar-refractivity contribution in [2.45, 2.75) is 0 Å². The Morgan fingerprint density at radius 2 is 1.57 bits per heavy atom. The van der Waals surface area contributed by atoms with Gasteiger partial charge in [-0.05, 0) is 35.5 Å². The van der Waals surface area contributed by atoms with Crippen LogP contribution in [0.2, 0.25) is 0 Å². The van der Waals surface area contributed by atoms with E-state index < -0.39 is 0 Å². The second-order valence-corrected chi connectivity index (χ2v) is 6.63. The third kappa shape index (κ3) is 1.71. The average molecular weight is 267 g/mol. The van der Waals surface area contributed by atoms with Crippen molar-refractivity contribution in [3.63, 3.8) is 0 Å². The topological polar surface area (TPSA) is 0 Å². The fourth-order valence-corrected chi connectivity index (χ4v) is 3.16. The summed E-state index contributed by atoms with van der Waals surface area (Å²) in [6.45, 7) is 4.59. The molecule has 2 aromatic carbocycles. The first-order chi connectivity index (χ1) is 6.70. The van der Waals surface area contributed by atoms with Gasteiger partial charge >= 0.3 is 0 Å². The fraction of sp³-hybridized carbons (Fsp3) is 0.167. The molecule has 2 heteroatoms. The Morgan fingerprint density at radius 1 is 0.929 bits per heavy atom. The number of hydrogen-bond acceptors (Lipinski definition) is 0. The number of halogens is 1. The molecule has 72 valence electrons. The molecule has 0 bridgehead atoms. The van der Waals surface area contributed by atoms with E-state index in [-0.39, 0.29) is 7.92 Å². The van der Waals surface area contributed by atoms with Crippen LogP contribution in [0.5, 0.6) is 0 Å².